The van der Waals surface area contributed by atoms with Gasteiger partial charge < -0.3 is 15.7 Å². The third-order valence-corrected chi connectivity index (χ3v) is 4.94. The summed E-state index contributed by atoms with van der Waals surface area (Å²) in [5.74, 6) is 1.98. The van der Waals surface area contributed by atoms with Crippen molar-refractivity contribution in [3.63, 3.8) is 0 Å². The third kappa shape index (κ3) is 2.03. The topological polar surface area (TPSA) is 61.9 Å². The maximum absolute atomic E-state index is 10.6. The van der Waals surface area contributed by atoms with Gasteiger partial charge in [-0.05, 0) is 50.4 Å². The van der Waals surface area contributed by atoms with Crippen molar-refractivity contribution in [2.45, 2.75) is 44.1 Å². The molecule has 0 spiro atoms. The van der Waals surface area contributed by atoms with Crippen LogP contribution in [0.1, 0.15) is 38.5 Å². The first kappa shape index (κ1) is 11.3. The van der Waals surface area contributed by atoms with Crippen LogP contribution in [0.5, 0.6) is 0 Å². The van der Waals surface area contributed by atoms with Crippen LogP contribution >= 0.6 is 0 Å². The molecule has 2 bridgehead atoms. The lowest BCUT2D eigenvalue weighted by atomic mass is 9.82. The van der Waals surface area contributed by atoms with E-state index in [2.05, 4.69) is 9.89 Å². The number of rotatable bonds is 3. The van der Waals surface area contributed by atoms with E-state index in [4.69, 9.17) is 5.73 Å². The molecule has 3 N–H and O–H groups in total. The Hall–Kier alpha value is -0.770. The molecular formula is C13H23N3O. The molecule has 2 aliphatic carbocycles. The van der Waals surface area contributed by atoms with Crippen molar-refractivity contribution in [2.24, 2.45) is 22.6 Å². The number of nitrogens with two attached hydrogens (primary N) is 1. The molecule has 1 aliphatic heterocycles. The number of guanidine groups is 1. The fraction of sp³-hybridized carbons (Fsp3) is 0.923. The second-order valence-corrected chi connectivity index (χ2v) is 6.01. The lowest BCUT2D eigenvalue weighted by Crippen LogP contribution is -2.46. The predicted molar refractivity (Wildman–Crippen MR) is 67.7 cm³/mol. The van der Waals surface area contributed by atoms with Gasteiger partial charge in [0, 0.05) is 19.6 Å². The van der Waals surface area contributed by atoms with Crippen LogP contribution in [0.2, 0.25) is 0 Å². The van der Waals surface area contributed by atoms with Crippen molar-refractivity contribution in [2.75, 3.05) is 19.6 Å². The lowest BCUT2D eigenvalue weighted by Gasteiger charge is -2.33. The highest BCUT2D eigenvalue weighted by Crippen LogP contribution is 2.52. The number of hydrogen-bond acceptors (Lipinski definition) is 2. The number of fused-ring (bicyclic) bond motifs is 2. The van der Waals surface area contributed by atoms with Crippen LogP contribution in [0, 0.1) is 11.8 Å². The van der Waals surface area contributed by atoms with Crippen molar-refractivity contribution in [3.05, 3.63) is 0 Å². The van der Waals surface area contributed by atoms with Crippen molar-refractivity contribution in [1.29, 1.82) is 0 Å². The Morgan fingerprint density at radius 1 is 1.41 bits per heavy atom. The molecule has 0 radical (unpaired) electrons. The van der Waals surface area contributed by atoms with Gasteiger partial charge in [-0.25, -0.2) is 0 Å². The molecule has 4 heteroatoms. The molecule has 3 fully saturated rings. The van der Waals surface area contributed by atoms with Gasteiger partial charge in [-0.3, -0.25) is 4.99 Å². The quantitative estimate of drug-likeness (QED) is 0.567. The third-order valence-electron chi connectivity index (χ3n) is 4.94. The van der Waals surface area contributed by atoms with E-state index in [1.807, 2.05) is 0 Å². The van der Waals surface area contributed by atoms with Crippen LogP contribution in [-0.2, 0) is 0 Å². The molecule has 0 aromatic heterocycles. The molecule has 1 heterocycles. The zero-order valence-electron chi connectivity index (χ0n) is 10.4. The second-order valence-electron chi connectivity index (χ2n) is 6.01. The van der Waals surface area contributed by atoms with Gasteiger partial charge in [0.15, 0.2) is 5.96 Å². The Bertz CT molecular complexity index is 327. The summed E-state index contributed by atoms with van der Waals surface area (Å²) in [5, 5.41) is 10.6. The van der Waals surface area contributed by atoms with E-state index in [1.54, 1.807) is 0 Å². The van der Waals surface area contributed by atoms with Gasteiger partial charge in [-0.15, -0.1) is 0 Å². The van der Waals surface area contributed by atoms with Gasteiger partial charge in [0.25, 0.3) is 0 Å². The molecule has 17 heavy (non-hydrogen) atoms. The molecular weight excluding hydrogens is 214 g/mol. The molecule has 0 amide bonds. The average molecular weight is 237 g/mol. The Morgan fingerprint density at radius 2 is 2.24 bits per heavy atom. The van der Waals surface area contributed by atoms with E-state index in [0.29, 0.717) is 18.4 Å². The average Bonchev–Trinajstić information content (AvgIpc) is 2.74. The highest BCUT2D eigenvalue weighted by Gasteiger charge is 2.49. The summed E-state index contributed by atoms with van der Waals surface area (Å²) in [6, 6.07) is 0. The zero-order valence-corrected chi connectivity index (χ0v) is 10.4. The summed E-state index contributed by atoms with van der Waals surface area (Å²) in [4.78, 5) is 6.50. The van der Waals surface area contributed by atoms with Crippen molar-refractivity contribution < 1.29 is 5.11 Å². The molecule has 0 aromatic carbocycles. The fourth-order valence-electron chi connectivity index (χ4n) is 3.73. The molecule has 3 unspecified atom stereocenters. The molecule has 2 saturated carbocycles. The van der Waals surface area contributed by atoms with Gasteiger partial charge in [0.05, 0.1) is 5.60 Å². The predicted octanol–water partition coefficient (Wildman–Crippen LogP) is 0.948. The maximum Gasteiger partial charge on any atom is 0.191 e. The van der Waals surface area contributed by atoms with Crippen LogP contribution in [-0.4, -0.2) is 41.2 Å². The number of hydrogen-bond donors (Lipinski definition) is 2. The van der Waals surface area contributed by atoms with E-state index in [0.717, 1.165) is 31.8 Å². The fourth-order valence-corrected chi connectivity index (χ4v) is 3.73. The van der Waals surface area contributed by atoms with E-state index in [1.165, 1.54) is 25.7 Å². The summed E-state index contributed by atoms with van der Waals surface area (Å²) in [6.07, 6.45) is 6.80. The van der Waals surface area contributed by atoms with Crippen LogP contribution in [0.3, 0.4) is 0 Å². The summed E-state index contributed by atoms with van der Waals surface area (Å²) >= 11 is 0. The van der Waals surface area contributed by atoms with E-state index >= 15 is 0 Å². The summed E-state index contributed by atoms with van der Waals surface area (Å²) in [7, 11) is 0. The molecule has 3 rings (SSSR count). The standard InChI is InChI=1S/C13H23N3O/c14-12(16-6-1-7-16)15-5-4-13(17)9-10-2-3-11(13)8-10/h10-11,17H,1-9H2,(H2,14,15). The van der Waals surface area contributed by atoms with E-state index in [-0.39, 0.29) is 0 Å². The summed E-state index contributed by atoms with van der Waals surface area (Å²) in [5.41, 5.74) is 5.45. The van der Waals surface area contributed by atoms with Crippen molar-refractivity contribution >= 4 is 5.96 Å². The van der Waals surface area contributed by atoms with Crippen molar-refractivity contribution in [1.82, 2.24) is 4.90 Å². The maximum atomic E-state index is 10.6. The normalized spacial score (nSPS) is 40.8. The molecule has 1 saturated heterocycles. The van der Waals surface area contributed by atoms with Gasteiger partial charge in [0.1, 0.15) is 0 Å². The Labute approximate surface area is 103 Å². The largest absolute Gasteiger partial charge is 0.390 e. The Balaban J connectivity index is 1.50. The second kappa shape index (κ2) is 4.16. The Morgan fingerprint density at radius 3 is 2.76 bits per heavy atom. The van der Waals surface area contributed by atoms with Crippen LogP contribution in [0.15, 0.2) is 4.99 Å². The number of aliphatic hydroxyl groups is 1. The minimum absolute atomic E-state index is 0.429. The summed E-state index contributed by atoms with van der Waals surface area (Å²) in [6.45, 7) is 2.77. The molecule has 0 aromatic rings. The number of likely N-dealkylation sites (tertiary alicyclic amines) is 1. The van der Waals surface area contributed by atoms with Crippen molar-refractivity contribution in [3.8, 4) is 0 Å². The SMILES string of the molecule is NC(=NCCC1(O)CC2CCC1C2)N1CCC1. The van der Waals surface area contributed by atoms with Gasteiger partial charge in [0.2, 0.25) is 0 Å². The minimum atomic E-state index is -0.429. The first-order chi connectivity index (χ1) is 8.17. The number of aliphatic imine (C=N–C) groups is 1. The molecule has 3 atom stereocenters. The highest BCUT2D eigenvalue weighted by atomic mass is 16.3. The first-order valence-corrected chi connectivity index (χ1v) is 6.95. The number of nitrogens with zero attached hydrogens (tertiary/aromatic N) is 2. The lowest BCUT2D eigenvalue weighted by molar-refractivity contribution is -0.0182. The van der Waals surface area contributed by atoms with Gasteiger partial charge in [-0.1, -0.05) is 0 Å². The minimum Gasteiger partial charge on any atom is -0.390 e. The van der Waals surface area contributed by atoms with E-state index in [9.17, 15) is 5.11 Å². The molecule has 4 nitrogen and oxygen atoms in total. The highest BCUT2D eigenvalue weighted by molar-refractivity contribution is 5.78. The molecule has 96 valence electrons. The first-order valence-electron chi connectivity index (χ1n) is 6.95. The molecule has 3 aliphatic rings. The monoisotopic (exact) mass is 237 g/mol. The van der Waals surface area contributed by atoms with E-state index < -0.39 is 5.60 Å². The van der Waals surface area contributed by atoms with Crippen LogP contribution in [0.4, 0.5) is 0 Å². The summed E-state index contributed by atoms with van der Waals surface area (Å²) < 4.78 is 0. The Kier molecular flexibility index (Phi) is 2.77. The van der Waals surface area contributed by atoms with Gasteiger partial charge in [-0.2, -0.15) is 0 Å². The smallest absolute Gasteiger partial charge is 0.191 e. The van der Waals surface area contributed by atoms with Gasteiger partial charge >= 0.3 is 0 Å². The van der Waals surface area contributed by atoms with Crippen LogP contribution in [0.25, 0.3) is 0 Å². The van der Waals surface area contributed by atoms with Crippen LogP contribution < -0.4 is 5.73 Å². The zero-order chi connectivity index (χ0) is 11.9.